The van der Waals surface area contributed by atoms with E-state index in [9.17, 15) is 9.70 Å². The lowest BCUT2D eigenvalue weighted by Gasteiger charge is -2.27. The van der Waals surface area contributed by atoms with E-state index in [0.717, 1.165) is 31.7 Å². The Morgan fingerprint density at radius 2 is 2.11 bits per heavy atom. The van der Waals surface area contributed by atoms with Crippen LogP contribution in [-0.2, 0) is 0 Å². The maximum Gasteiger partial charge on any atom is 0.253 e. The van der Waals surface area contributed by atoms with Crippen LogP contribution in [0.4, 0.5) is 11.5 Å². The Kier molecular flexibility index (Phi) is 3.86. The van der Waals surface area contributed by atoms with Gasteiger partial charge in [0.1, 0.15) is 11.5 Å². The molecule has 1 fully saturated rings. The van der Waals surface area contributed by atoms with Crippen molar-refractivity contribution in [1.82, 2.24) is 10.3 Å². The van der Waals surface area contributed by atoms with E-state index in [4.69, 9.17) is 0 Å². The second-order valence-corrected chi connectivity index (χ2v) is 4.28. The summed E-state index contributed by atoms with van der Waals surface area (Å²) in [6.07, 6.45) is 4.85. The zero-order valence-electron chi connectivity index (χ0n) is 10.3. The van der Waals surface area contributed by atoms with Crippen LogP contribution in [-0.4, -0.2) is 31.0 Å². The van der Waals surface area contributed by atoms with Crippen LogP contribution in [0, 0.1) is 4.91 Å². The molecule has 1 N–H and O–H groups in total. The molecular weight excluding hydrogens is 232 g/mol. The number of anilines is 1. The molecule has 18 heavy (non-hydrogen) atoms. The van der Waals surface area contributed by atoms with E-state index in [1.165, 1.54) is 19.7 Å². The SMILES string of the molecule is CNC(=O)c1cc(N2CCCCC2)ncc1N=O. The predicted molar refractivity (Wildman–Crippen MR) is 69.1 cm³/mol. The Morgan fingerprint density at radius 1 is 1.39 bits per heavy atom. The highest BCUT2D eigenvalue weighted by Crippen LogP contribution is 2.24. The highest BCUT2D eigenvalue weighted by molar-refractivity contribution is 5.99. The molecule has 0 unspecified atom stereocenters. The van der Waals surface area contributed by atoms with Crippen LogP contribution in [0.1, 0.15) is 29.6 Å². The summed E-state index contributed by atoms with van der Waals surface area (Å²) in [6, 6.07) is 1.64. The Hall–Kier alpha value is -1.98. The molecule has 2 rings (SSSR count). The van der Waals surface area contributed by atoms with Gasteiger partial charge in [-0.15, -0.1) is 4.91 Å². The molecular formula is C12H16N4O2. The van der Waals surface area contributed by atoms with E-state index in [1.54, 1.807) is 6.07 Å². The summed E-state index contributed by atoms with van der Waals surface area (Å²) >= 11 is 0. The lowest BCUT2D eigenvalue weighted by atomic mass is 10.1. The largest absolute Gasteiger partial charge is 0.357 e. The molecule has 0 saturated carbocycles. The highest BCUT2D eigenvalue weighted by atomic mass is 16.3. The molecule has 0 aromatic carbocycles. The molecule has 6 nitrogen and oxygen atoms in total. The summed E-state index contributed by atoms with van der Waals surface area (Å²) in [7, 11) is 1.53. The number of hydrogen-bond donors (Lipinski definition) is 1. The minimum Gasteiger partial charge on any atom is -0.357 e. The third-order valence-corrected chi connectivity index (χ3v) is 3.12. The van der Waals surface area contributed by atoms with Gasteiger partial charge in [0.15, 0.2) is 0 Å². The van der Waals surface area contributed by atoms with Gasteiger partial charge in [-0.25, -0.2) is 4.98 Å². The van der Waals surface area contributed by atoms with Gasteiger partial charge in [-0.05, 0) is 30.5 Å². The van der Waals surface area contributed by atoms with Crippen LogP contribution in [0.3, 0.4) is 0 Å². The summed E-state index contributed by atoms with van der Waals surface area (Å²) in [5.41, 5.74) is 0.359. The van der Waals surface area contributed by atoms with E-state index in [-0.39, 0.29) is 17.2 Å². The van der Waals surface area contributed by atoms with Crippen molar-refractivity contribution in [2.75, 3.05) is 25.0 Å². The van der Waals surface area contributed by atoms with Crippen molar-refractivity contribution in [2.45, 2.75) is 19.3 Å². The van der Waals surface area contributed by atoms with E-state index >= 15 is 0 Å². The Bertz CT molecular complexity index is 455. The van der Waals surface area contributed by atoms with Gasteiger partial charge in [0.25, 0.3) is 5.91 Å². The number of nitrogens with zero attached hydrogens (tertiary/aromatic N) is 3. The smallest absolute Gasteiger partial charge is 0.253 e. The molecule has 0 bridgehead atoms. The predicted octanol–water partition coefficient (Wildman–Crippen LogP) is 1.83. The van der Waals surface area contributed by atoms with Crippen LogP contribution in [0.15, 0.2) is 17.4 Å². The minimum atomic E-state index is -0.315. The first-order chi connectivity index (χ1) is 8.76. The standard InChI is InChI=1S/C12H16N4O2/c1-13-12(17)9-7-11(14-8-10(9)15-18)16-5-3-2-4-6-16/h7-8H,2-6H2,1H3,(H,13,17). The Labute approximate surface area is 105 Å². The maximum atomic E-state index is 11.7. The lowest BCUT2D eigenvalue weighted by molar-refractivity contribution is 0.0963. The first-order valence-electron chi connectivity index (χ1n) is 6.06. The van der Waals surface area contributed by atoms with Gasteiger partial charge in [0.05, 0.1) is 11.8 Å². The molecule has 1 saturated heterocycles. The van der Waals surface area contributed by atoms with Crippen LogP contribution in [0.25, 0.3) is 0 Å². The van der Waals surface area contributed by atoms with Crippen molar-refractivity contribution in [1.29, 1.82) is 0 Å². The lowest BCUT2D eigenvalue weighted by Crippen LogP contribution is -2.30. The van der Waals surface area contributed by atoms with Crippen molar-refractivity contribution in [3.05, 3.63) is 22.7 Å². The van der Waals surface area contributed by atoms with Crippen molar-refractivity contribution in [2.24, 2.45) is 5.18 Å². The van der Waals surface area contributed by atoms with Gasteiger partial charge >= 0.3 is 0 Å². The Morgan fingerprint density at radius 3 is 2.72 bits per heavy atom. The molecule has 0 atom stereocenters. The van der Waals surface area contributed by atoms with Gasteiger partial charge in [-0.3, -0.25) is 4.79 Å². The summed E-state index contributed by atoms with van der Waals surface area (Å²) in [4.78, 5) is 28.7. The fraction of sp³-hybridized carbons (Fsp3) is 0.500. The molecule has 1 aliphatic heterocycles. The topological polar surface area (TPSA) is 74.7 Å². The normalized spacial score (nSPS) is 15.3. The molecule has 1 amide bonds. The number of amides is 1. The van der Waals surface area contributed by atoms with Gasteiger partial charge in [-0.1, -0.05) is 0 Å². The van der Waals surface area contributed by atoms with E-state index in [0.29, 0.717) is 0 Å². The first kappa shape index (κ1) is 12.5. The average Bonchev–Trinajstić information content (AvgIpc) is 2.46. The molecule has 1 aromatic heterocycles. The monoisotopic (exact) mass is 248 g/mol. The number of carbonyl (C=O) groups excluding carboxylic acids is 1. The van der Waals surface area contributed by atoms with Gasteiger partial charge in [0.2, 0.25) is 0 Å². The third kappa shape index (κ3) is 2.47. The molecule has 0 aliphatic carbocycles. The number of piperidine rings is 1. The first-order valence-corrected chi connectivity index (χ1v) is 6.06. The number of pyridine rings is 1. The summed E-state index contributed by atoms with van der Waals surface area (Å²) in [6.45, 7) is 1.88. The average molecular weight is 248 g/mol. The molecule has 96 valence electrons. The quantitative estimate of drug-likeness (QED) is 0.828. The zero-order chi connectivity index (χ0) is 13.0. The summed E-state index contributed by atoms with van der Waals surface area (Å²) in [5, 5.41) is 5.34. The zero-order valence-corrected chi connectivity index (χ0v) is 10.3. The number of hydrogen-bond acceptors (Lipinski definition) is 5. The van der Waals surface area contributed by atoms with Crippen LogP contribution in [0.2, 0.25) is 0 Å². The molecule has 0 spiro atoms. The van der Waals surface area contributed by atoms with Crippen molar-refractivity contribution in [3.63, 3.8) is 0 Å². The second-order valence-electron chi connectivity index (χ2n) is 4.28. The molecule has 6 heteroatoms. The van der Waals surface area contributed by atoms with Crippen LogP contribution < -0.4 is 10.2 Å². The van der Waals surface area contributed by atoms with E-state index in [1.807, 2.05) is 0 Å². The highest BCUT2D eigenvalue weighted by Gasteiger charge is 2.17. The molecule has 2 heterocycles. The summed E-state index contributed by atoms with van der Waals surface area (Å²) in [5.74, 6) is 0.422. The fourth-order valence-electron chi connectivity index (χ4n) is 2.12. The molecule has 1 aliphatic rings. The summed E-state index contributed by atoms with van der Waals surface area (Å²) < 4.78 is 0. The van der Waals surface area contributed by atoms with Crippen molar-refractivity contribution >= 4 is 17.4 Å². The molecule has 1 aromatic rings. The third-order valence-electron chi connectivity index (χ3n) is 3.12. The number of nitroso groups, excluding NO2 is 1. The van der Waals surface area contributed by atoms with Gasteiger partial charge in [0, 0.05) is 20.1 Å². The number of aromatic nitrogens is 1. The number of carbonyl (C=O) groups is 1. The minimum absolute atomic E-state index is 0.0788. The van der Waals surface area contributed by atoms with Crippen molar-refractivity contribution in [3.8, 4) is 0 Å². The van der Waals surface area contributed by atoms with E-state index in [2.05, 4.69) is 20.4 Å². The van der Waals surface area contributed by atoms with E-state index < -0.39 is 0 Å². The number of rotatable bonds is 3. The van der Waals surface area contributed by atoms with Crippen LogP contribution in [0.5, 0.6) is 0 Å². The van der Waals surface area contributed by atoms with Gasteiger partial charge in [-0.2, -0.15) is 0 Å². The second kappa shape index (κ2) is 5.57. The fourth-order valence-corrected chi connectivity index (χ4v) is 2.12. The van der Waals surface area contributed by atoms with Crippen LogP contribution >= 0.6 is 0 Å². The number of nitrogens with one attached hydrogen (secondary N) is 1. The van der Waals surface area contributed by atoms with Crippen molar-refractivity contribution < 1.29 is 4.79 Å². The van der Waals surface area contributed by atoms with Gasteiger partial charge < -0.3 is 10.2 Å². The maximum absolute atomic E-state index is 11.7. The molecule has 0 radical (unpaired) electrons. The Balaban J connectivity index is 2.32.